The number of rotatable bonds is 14. The second kappa shape index (κ2) is 14.0. The lowest BCUT2D eigenvalue weighted by molar-refractivity contribution is 0.0560. The molecule has 1 aliphatic heterocycles. The van der Waals surface area contributed by atoms with E-state index in [-0.39, 0.29) is 11.4 Å². The van der Waals surface area contributed by atoms with Crippen LogP contribution < -0.4 is 20.1 Å². The van der Waals surface area contributed by atoms with Crippen molar-refractivity contribution in [3.05, 3.63) is 52.2 Å². The van der Waals surface area contributed by atoms with Crippen LogP contribution in [-0.4, -0.2) is 42.4 Å². The Balaban J connectivity index is 0.946. The zero-order chi connectivity index (χ0) is 28.7. The predicted molar refractivity (Wildman–Crippen MR) is 169 cm³/mol. The molecule has 1 aliphatic carbocycles. The number of ether oxygens (including phenoxy) is 2. The zero-order valence-corrected chi connectivity index (χ0v) is 25.5. The summed E-state index contributed by atoms with van der Waals surface area (Å²) in [4.78, 5) is 4.94. The highest BCUT2D eigenvalue weighted by Gasteiger charge is 2.32. The highest BCUT2D eigenvalue weighted by Crippen LogP contribution is 2.41. The first-order chi connectivity index (χ1) is 20.0. The summed E-state index contributed by atoms with van der Waals surface area (Å²) in [5.74, 6) is 1.48. The number of hydrogen-bond acceptors (Lipinski definition) is 6. The lowest BCUT2D eigenvalue weighted by atomic mass is 9.89. The number of aryl methyl sites for hydroxylation is 2. The highest BCUT2D eigenvalue weighted by molar-refractivity contribution is 6.31. The number of aromatic hydroxyl groups is 1. The van der Waals surface area contributed by atoms with Crippen LogP contribution in [-0.2, 0) is 19.3 Å². The molecule has 6 nitrogen and oxygen atoms in total. The van der Waals surface area contributed by atoms with Gasteiger partial charge in [0.05, 0.1) is 12.6 Å². The summed E-state index contributed by atoms with van der Waals surface area (Å²) in [5, 5.41) is 19.4. The van der Waals surface area contributed by atoms with Crippen LogP contribution in [0.1, 0.15) is 88.0 Å². The number of pyridine rings is 1. The van der Waals surface area contributed by atoms with Gasteiger partial charge >= 0.3 is 0 Å². The van der Waals surface area contributed by atoms with E-state index in [1.165, 1.54) is 73.7 Å². The largest absolute Gasteiger partial charge is 0.504 e. The van der Waals surface area contributed by atoms with Crippen molar-refractivity contribution < 1.29 is 14.6 Å². The van der Waals surface area contributed by atoms with Crippen LogP contribution in [0.4, 0.5) is 5.69 Å². The second-order valence-corrected chi connectivity index (χ2v) is 12.4. The Morgan fingerprint density at radius 1 is 0.976 bits per heavy atom. The SMILES string of the molecule is COc1cc2c(cc1O)CCC(C)(CCNCCCCCCCCNc1c3c(nc4cc(Cl)ccc14)CCCC3)O2. The monoisotopic (exact) mass is 579 g/mol. The van der Waals surface area contributed by atoms with Crippen molar-refractivity contribution in [2.75, 3.05) is 32.1 Å². The lowest BCUT2D eigenvalue weighted by Crippen LogP contribution is -2.39. The number of phenols is 1. The molecular weight excluding hydrogens is 534 g/mol. The fourth-order valence-corrected chi connectivity index (χ4v) is 6.48. The van der Waals surface area contributed by atoms with E-state index in [9.17, 15) is 5.11 Å². The Bertz CT molecular complexity index is 1330. The predicted octanol–water partition coefficient (Wildman–Crippen LogP) is 8.00. The molecule has 3 aromatic rings. The van der Waals surface area contributed by atoms with Crippen LogP contribution >= 0.6 is 11.6 Å². The van der Waals surface area contributed by atoms with Gasteiger partial charge in [-0.1, -0.05) is 37.3 Å². The number of anilines is 1. The summed E-state index contributed by atoms with van der Waals surface area (Å²) >= 11 is 6.26. The fourth-order valence-electron chi connectivity index (χ4n) is 6.31. The summed E-state index contributed by atoms with van der Waals surface area (Å²) < 4.78 is 11.6. The standard InChI is InChI=1S/C34H46ClN3O3/c1-34(16-15-24-21-30(39)32(40-2)23-31(24)41-34)17-20-36-18-9-5-3-4-6-10-19-37-33-26-11-7-8-12-28(26)38-29-22-25(35)13-14-27(29)33/h13-14,21-23,36,39H,3-12,15-20H2,1-2H3,(H,37,38). The minimum absolute atomic E-state index is 0.180. The molecule has 2 aromatic carbocycles. The molecule has 1 atom stereocenters. The van der Waals surface area contributed by atoms with Gasteiger partial charge in [-0.25, -0.2) is 0 Å². The van der Waals surface area contributed by atoms with Gasteiger partial charge in [-0.05, 0) is 113 Å². The van der Waals surface area contributed by atoms with E-state index >= 15 is 0 Å². The van der Waals surface area contributed by atoms with Crippen molar-refractivity contribution in [2.45, 2.75) is 96.0 Å². The first kappa shape index (κ1) is 29.8. The van der Waals surface area contributed by atoms with Crippen molar-refractivity contribution in [3.8, 4) is 17.2 Å². The Kier molecular flexibility index (Phi) is 10.2. The van der Waals surface area contributed by atoms with Gasteiger partial charge in [-0.3, -0.25) is 4.98 Å². The second-order valence-electron chi connectivity index (χ2n) is 12.0. The molecule has 2 aliphatic rings. The number of nitrogens with zero attached hydrogens (tertiary/aromatic N) is 1. The van der Waals surface area contributed by atoms with Crippen molar-refractivity contribution >= 4 is 28.2 Å². The van der Waals surface area contributed by atoms with Crippen molar-refractivity contribution in [1.82, 2.24) is 10.3 Å². The van der Waals surface area contributed by atoms with Crippen LogP contribution in [0.25, 0.3) is 10.9 Å². The molecule has 1 aromatic heterocycles. The molecular formula is C34H46ClN3O3. The zero-order valence-electron chi connectivity index (χ0n) is 24.8. The molecule has 0 saturated carbocycles. The third kappa shape index (κ3) is 7.58. The average molecular weight is 580 g/mol. The average Bonchev–Trinajstić information content (AvgIpc) is 2.97. The van der Waals surface area contributed by atoms with Crippen molar-refractivity contribution in [2.24, 2.45) is 0 Å². The fraction of sp³-hybridized carbons (Fsp3) is 0.559. The quantitative estimate of drug-likeness (QED) is 0.168. The molecule has 0 saturated heterocycles. The summed E-state index contributed by atoms with van der Waals surface area (Å²) in [6.07, 6.45) is 15.0. The molecule has 2 heterocycles. The van der Waals surface area contributed by atoms with Crippen LogP contribution in [0.3, 0.4) is 0 Å². The Labute approximate surface area is 250 Å². The Hall–Kier alpha value is -2.70. The Morgan fingerprint density at radius 2 is 1.76 bits per heavy atom. The third-order valence-electron chi connectivity index (χ3n) is 8.78. The minimum atomic E-state index is -0.190. The highest BCUT2D eigenvalue weighted by atomic mass is 35.5. The number of halogens is 1. The van der Waals surface area contributed by atoms with E-state index in [0.717, 1.165) is 73.6 Å². The molecule has 5 rings (SSSR count). The lowest BCUT2D eigenvalue weighted by Gasteiger charge is -2.36. The first-order valence-corrected chi connectivity index (χ1v) is 16.0. The number of phenolic OH excluding ortho intramolecular Hbond substituents is 1. The number of unbranched alkanes of at least 4 members (excludes halogenated alkanes) is 5. The van der Waals surface area contributed by atoms with Gasteiger partial charge in [0.1, 0.15) is 11.4 Å². The maximum Gasteiger partial charge on any atom is 0.164 e. The molecule has 0 amide bonds. The maximum atomic E-state index is 10.0. The van der Waals surface area contributed by atoms with Gasteiger partial charge in [-0.15, -0.1) is 0 Å². The van der Waals surface area contributed by atoms with E-state index in [0.29, 0.717) is 5.75 Å². The number of benzene rings is 2. The summed E-state index contributed by atoms with van der Waals surface area (Å²) in [5.41, 5.74) is 5.86. The van der Waals surface area contributed by atoms with Crippen molar-refractivity contribution in [3.63, 3.8) is 0 Å². The number of fused-ring (bicyclic) bond motifs is 3. The van der Waals surface area contributed by atoms with Crippen LogP contribution in [0.2, 0.25) is 5.02 Å². The summed E-state index contributed by atoms with van der Waals surface area (Å²) in [7, 11) is 1.57. The van der Waals surface area contributed by atoms with Crippen LogP contribution in [0.5, 0.6) is 17.2 Å². The number of hydrogen-bond donors (Lipinski definition) is 3. The molecule has 0 fully saturated rings. The first-order valence-electron chi connectivity index (χ1n) is 15.6. The molecule has 3 N–H and O–H groups in total. The molecule has 222 valence electrons. The summed E-state index contributed by atoms with van der Waals surface area (Å²) in [6, 6.07) is 9.69. The maximum absolute atomic E-state index is 10.0. The summed E-state index contributed by atoms with van der Waals surface area (Å²) in [6.45, 7) is 5.20. The van der Waals surface area contributed by atoms with Gasteiger partial charge in [0, 0.05) is 34.4 Å². The van der Waals surface area contributed by atoms with Crippen LogP contribution in [0, 0.1) is 0 Å². The Morgan fingerprint density at radius 3 is 2.59 bits per heavy atom. The van der Waals surface area contributed by atoms with E-state index in [2.05, 4.69) is 23.6 Å². The van der Waals surface area contributed by atoms with Gasteiger partial charge < -0.3 is 25.2 Å². The molecule has 41 heavy (non-hydrogen) atoms. The van der Waals surface area contributed by atoms with E-state index in [1.54, 1.807) is 13.2 Å². The minimum Gasteiger partial charge on any atom is -0.504 e. The van der Waals surface area contributed by atoms with Gasteiger partial charge in [0.15, 0.2) is 11.5 Å². The smallest absolute Gasteiger partial charge is 0.164 e. The van der Waals surface area contributed by atoms with Gasteiger partial charge in [-0.2, -0.15) is 0 Å². The van der Waals surface area contributed by atoms with Gasteiger partial charge in [0.2, 0.25) is 0 Å². The number of methoxy groups -OCH3 is 1. The number of aromatic nitrogens is 1. The molecule has 0 spiro atoms. The molecule has 0 radical (unpaired) electrons. The number of nitrogens with one attached hydrogen (secondary N) is 2. The third-order valence-corrected chi connectivity index (χ3v) is 9.01. The van der Waals surface area contributed by atoms with Gasteiger partial charge in [0.25, 0.3) is 0 Å². The van der Waals surface area contributed by atoms with Crippen molar-refractivity contribution in [1.29, 1.82) is 0 Å². The van der Waals surface area contributed by atoms with Crippen LogP contribution in [0.15, 0.2) is 30.3 Å². The normalized spacial score (nSPS) is 18.0. The topological polar surface area (TPSA) is 75.6 Å². The molecule has 1 unspecified atom stereocenters. The van der Waals surface area contributed by atoms with E-state index < -0.39 is 0 Å². The van der Waals surface area contributed by atoms with E-state index in [4.69, 9.17) is 26.1 Å². The molecule has 0 bridgehead atoms. The molecule has 7 heteroatoms. The van der Waals surface area contributed by atoms with E-state index in [1.807, 2.05) is 18.2 Å².